The minimum atomic E-state index is 0.00986. The van der Waals surface area contributed by atoms with E-state index < -0.39 is 0 Å². The molecule has 0 aliphatic rings. The van der Waals surface area contributed by atoms with Crippen LogP contribution in [0.2, 0.25) is 0 Å². The molecule has 88 valence electrons. The minimum absolute atomic E-state index is 0.00986. The number of methoxy groups -OCH3 is 1. The lowest BCUT2D eigenvalue weighted by atomic mass is 10.0. The van der Waals surface area contributed by atoms with Crippen molar-refractivity contribution in [3.05, 3.63) is 50.1 Å². The molecule has 0 saturated carbocycles. The number of ether oxygens (including phenoxy) is 1. The summed E-state index contributed by atoms with van der Waals surface area (Å²) in [6.45, 7) is 1.93. The summed E-state index contributed by atoms with van der Waals surface area (Å²) in [7, 11) is 1.58. The first-order valence-corrected chi connectivity index (χ1v) is 6.73. The molecule has 17 heavy (non-hydrogen) atoms. The molecule has 0 amide bonds. The van der Waals surface area contributed by atoms with Gasteiger partial charge in [-0.15, -0.1) is 11.3 Å². The lowest BCUT2D eigenvalue weighted by Gasteiger charge is -2.06. The second-order valence-electron chi connectivity index (χ2n) is 3.61. The molecule has 0 N–H and O–H groups in total. The summed E-state index contributed by atoms with van der Waals surface area (Å²) in [5.74, 6) is 0.648. The van der Waals surface area contributed by atoms with Crippen LogP contribution < -0.4 is 4.74 Å². The quantitative estimate of drug-likeness (QED) is 0.799. The zero-order valence-corrected chi connectivity index (χ0v) is 11.9. The Morgan fingerprint density at radius 2 is 2.12 bits per heavy atom. The van der Waals surface area contributed by atoms with E-state index >= 15 is 0 Å². The topological polar surface area (TPSA) is 26.3 Å². The molecule has 2 aromatic rings. The molecular weight excluding hydrogens is 300 g/mol. The van der Waals surface area contributed by atoms with E-state index in [1.165, 1.54) is 11.3 Å². The predicted octanol–water partition coefficient (Wildman–Crippen LogP) is 4.06. The molecule has 0 spiro atoms. The van der Waals surface area contributed by atoms with Crippen molar-refractivity contribution in [1.82, 2.24) is 0 Å². The highest BCUT2D eigenvalue weighted by molar-refractivity contribution is 9.10. The maximum atomic E-state index is 12.4. The fourth-order valence-electron chi connectivity index (χ4n) is 1.58. The number of benzene rings is 1. The molecule has 0 fully saturated rings. The molecule has 0 atom stereocenters. The third-order valence-electron chi connectivity index (χ3n) is 2.50. The van der Waals surface area contributed by atoms with Crippen molar-refractivity contribution in [2.45, 2.75) is 6.92 Å². The van der Waals surface area contributed by atoms with Crippen LogP contribution in [0.15, 0.2) is 34.1 Å². The van der Waals surface area contributed by atoms with Gasteiger partial charge in [0.05, 0.1) is 7.11 Å². The molecule has 1 aromatic heterocycles. The van der Waals surface area contributed by atoms with Crippen molar-refractivity contribution in [1.29, 1.82) is 0 Å². The molecule has 0 saturated heterocycles. The van der Waals surface area contributed by atoms with Crippen LogP contribution in [0.4, 0.5) is 0 Å². The Morgan fingerprint density at radius 3 is 2.82 bits per heavy atom. The summed E-state index contributed by atoms with van der Waals surface area (Å²) < 4.78 is 6.08. The number of ketones is 1. The summed E-state index contributed by atoms with van der Waals surface area (Å²) in [5.41, 5.74) is 1.67. The Kier molecular flexibility index (Phi) is 3.64. The summed E-state index contributed by atoms with van der Waals surface area (Å²) in [6, 6.07) is 7.51. The van der Waals surface area contributed by atoms with Crippen LogP contribution in [-0.4, -0.2) is 12.9 Å². The molecule has 1 heterocycles. The van der Waals surface area contributed by atoms with E-state index in [0.29, 0.717) is 16.2 Å². The Morgan fingerprint density at radius 1 is 1.35 bits per heavy atom. The van der Waals surface area contributed by atoms with Crippen LogP contribution in [-0.2, 0) is 0 Å². The number of hydrogen-bond donors (Lipinski definition) is 0. The smallest absolute Gasteiger partial charge is 0.207 e. The van der Waals surface area contributed by atoms with E-state index in [-0.39, 0.29) is 5.78 Å². The first-order chi connectivity index (χ1) is 8.13. The van der Waals surface area contributed by atoms with Crippen LogP contribution in [0.1, 0.15) is 20.8 Å². The van der Waals surface area contributed by atoms with E-state index in [9.17, 15) is 4.79 Å². The third kappa shape index (κ3) is 2.42. The standard InChI is InChI=1S/C13H11BrO2S/c1-8-3-4-9(14)7-10(8)12(15)13-11(16-2)5-6-17-13/h3-7H,1-2H3. The highest BCUT2D eigenvalue weighted by atomic mass is 79.9. The first-order valence-electron chi connectivity index (χ1n) is 5.06. The van der Waals surface area contributed by atoms with Gasteiger partial charge in [0.15, 0.2) is 0 Å². The SMILES string of the molecule is COc1ccsc1C(=O)c1cc(Br)ccc1C. The molecule has 4 heteroatoms. The molecule has 0 radical (unpaired) electrons. The number of halogens is 1. The van der Waals surface area contributed by atoms with E-state index in [1.54, 1.807) is 7.11 Å². The van der Waals surface area contributed by atoms with Gasteiger partial charge in [-0.25, -0.2) is 0 Å². The number of hydrogen-bond acceptors (Lipinski definition) is 3. The number of thiophene rings is 1. The molecule has 2 nitrogen and oxygen atoms in total. The van der Waals surface area contributed by atoms with Crippen molar-refractivity contribution < 1.29 is 9.53 Å². The van der Waals surface area contributed by atoms with E-state index in [4.69, 9.17) is 4.74 Å². The first kappa shape index (κ1) is 12.3. The van der Waals surface area contributed by atoms with Crippen molar-refractivity contribution >= 4 is 33.0 Å². The monoisotopic (exact) mass is 310 g/mol. The summed E-state index contributed by atoms with van der Waals surface area (Å²) in [5, 5.41) is 1.86. The van der Waals surface area contributed by atoms with Gasteiger partial charge in [-0.2, -0.15) is 0 Å². The Bertz CT molecular complexity index is 560. The summed E-state index contributed by atoms with van der Waals surface area (Å²) >= 11 is 4.79. The van der Waals surface area contributed by atoms with Gasteiger partial charge in [0.25, 0.3) is 0 Å². The lowest BCUT2D eigenvalue weighted by molar-refractivity contribution is 0.103. The van der Waals surface area contributed by atoms with Gasteiger partial charge in [0, 0.05) is 10.0 Å². The van der Waals surface area contributed by atoms with Crippen LogP contribution >= 0.6 is 27.3 Å². The maximum Gasteiger partial charge on any atom is 0.207 e. The normalized spacial score (nSPS) is 10.3. The largest absolute Gasteiger partial charge is 0.495 e. The Balaban J connectivity index is 2.47. The fourth-order valence-corrected chi connectivity index (χ4v) is 2.76. The van der Waals surface area contributed by atoms with Gasteiger partial charge in [0.1, 0.15) is 10.6 Å². The van der Waals surface area contributed by atoms with Gasteiger partial charge in [-0.05, 0) is 36.1 Å². The van der Waals surface area contributed by atoms with Crippen molar-refractivity contribution in [2.75, 3.05) is 7.11 Å². The number of rotatable bonds is 3. The highest BCUT2D eigenvalue weighted by Gasteiger charge is 2.17. The third-order valence-corrected chi connectivity index (χ3v) is 3.89. The second-order valence-corrected chi connectivity index (χ2v) is 5.44. The van der Waals surface area contributed by atoms with Crippen LogP contribution in [0.3, 0.4) is 0 Å². The average Bonchev–Trinajstić information content (AvgIpc) is 2.79. The van der Waals surface area contributed by atoms with Crippen molar-refractivity contribution in [3.63, 3.8) is 0 Å². The van der Waals surface area contributed by atoms with Crippen LogP contribution in [0, 0.1) is 6.92 Å². The number of carbonyl (C=O) groups excluding carboxylic acids is 1. The van der Waals surface area contributed by atoms with Gasteiger partial charge in [-0.3, -0.25) is 4.79 Å². The highest BCUT2D eigenvalue weighted by Crippen LogP contribution is 2.29. The molecule has 0 unspecified atom stereocenters. The minimum Gasteiger partial charge on any atom is -0.495 e. The summed E-state index contributed by atoms with van der Waals surface area (Å²) in [6.07, 6.45) is 0. The molecular formula is C13H11BrO2S. The number of carbonyl (C=O) groups is 1. The second kappa shape index (κ2) is 5.02. The Labute approximate surface area is 112 Å². The van der Waals surface area contributed by atoms with E-state index in [2.05, 4.69) is 15.9 Å². The zero-order chi connectivity index (χ0) is 12.4. The lowest BCUT2D eigenvalue weighted by Crippen LogP contribution is -2.03. The maximum absolute atomic E-state index is 12.4. The van der Waals surface area contributed by atoms with Crippen molar-refractivity contribution in [2.24, 2.45) is 0 Å². The zero-order valence-electron chi connectivity index (χ0n) is 9.49. The molecule has 0 aliphatic carbocycles. The molecule has 0 aliphatic heterocycles. The predicted molar refractivity (Wildman–Crippen MR) is 73.2 cm³/mol. The Hall–Kier alpha value is -1.13. The average molecular weight is 311 g/mol. The van der Waals surface area contributed by atoms with Gasteiger partial charge in [-0.1, -0.05) is 22.0 Å². The molecule has 1 aromatic carbocycles. The van der Waals surface area contributed by atoms with E-state index in [1.807, 2.05) is 36.6 Å². The van der Waals surface area contributed by atoms with Crippen molar-refractivity contribution in [3.8, 4) is 5.75 Å². The molecule has 0 bridgehead atoms. The van der Waals surface area contributed by atoms with E-state index in [0.717, 1.165) is 10.0 Å². The summed E-state index contributed by atoms with van der Waals surface area (Å²) in [4.78, 5) is 13.0. The number of aryl methyl sites for hydroxylation is 1. The van der Waals surface area contributed by atoms with Gasteiger partial charge in [0.2, 0.25) is 5.78 Å². The fraction of sp³-hybridized carbons (Fsp3) is 0.154. The molecule has 2 rings (SSSR count). The van der Waals surface area contributed by atoms with Gasteiger partial charge < -0.3 is 4.74 Å². The van der Waals surface area contributed by atoms with Crippen LogP contribution in [0.5, 0.6) is 5.75 Å². The van der Waals surface area contributed by atoms with Gasteiger partial charge >= 0.3 is 0 Å². The van der Waals surface area contributed by atoms with Crippen LogP contribution in [0.25, 0.3) is 0 Å².